The van der Waals surface area contributed by atoms with Crippen molar-refractivity contribution in [1.82, 2.24) is 19.5 Å². The molecular weight excluding hydrogens is 830 g/mol. The minimum Gasteiger partial charge on any atom is -0.369 e. The van der Waals surface area contributed by atoms with Crippen molar-refractivity contribution in [3.05, 3.63) is 228 Å². The molecule has 1 unspecified atom stereocenters. The van der Waals surface area contributed by atoms with Crippen LogP contribution in [0.25, 0.3) is 11.2 Å². The molecule has 0 aliphatic heterocycles. The van der Waals surface area contributed by atoms with Gasteiger partial charge >= 0.3 is 7.60 Å². The standard InChI is InChI=1S/C54H56N5O5P/c1-41(2)63-65(60,64-42(3)4)40-61-36-35-49(37-62-54(46-29-17-8-18-30-46,47-31-19-9-20-32-47)48-33-21-10-22-34-48)59-39-57-50-51(55-38-56-52(50)59)58-53(43-23-11-5-12-24-43,44-25-13-6-14-26-44)45-27-15-7-16-28-45/h5-34,38-39,41-42,49H,35-37,40H2,1-4H3,(H,55,56,58). The molecule has 10 nitrogen and oxygen atoms in total. The molecule has 65 heavy (non-hydrogen) atoms. The number of benzene rings is 6. The predicted octanol–water partition coefficient (Wildman–Crippen LogP) is 12.2. The Kier molecular flexibility index (Phi) is 14.4. The maximum Gasteiger partial charge on any atom is 0.356 e. The van der Waals surface area contributed by atoms with Gasteiger partial charge in [0.2, 0.25) is 0 Å². The third-order valence-electron chi connectivity index (χ3n) is 11.3. The summed E-state index contributed by atoms with van der Waals surface area (Å²) in [7, 11) is -3.56. The van der Waals surface area contributed by atoms with Crippen LogP contribution in [-0.4, -0.2) is 51.3 Å². The van der Waals surface area contributed by atoms with Crippen molar-refractivity contribution in [1.29, 1.82) is 0 Å². The Balaban J connectivity index is 1.22. The second-order valence-corrected chi connectivity index (χ2v) is 18.4. The summed E-state index contributed by atoms with van der Waals surface area (Å²) >= 11 is 0. The highest BCUT2D eigenvalue weighted by Gasteiger charge is 2.40. The molecule has 0 saturated carbocycles. The van der Waals surface area contributed by atoms with Crippen LogP contribution in [0.5, 0.6) is 0 Å². The van der Waals surface area contributed by atoms with E-state index in [1.54, 1.807) is 12.7 Å². The SMILES string of the molecule is CC(C)OP(=O)(COCCC(COC(c1ccccc1)(c1ccccc1)c1ccccc1)n1cnc2c(NC(c3ccccc3)(c3ccccc3)c3ccccc3)ncnc21)OC(C)C. The Morgan fingerprint density at radius 3 is 1.40 bits per heavy atom. The highest BCUT2D eigenvalue weighted by molar-refractivity contribution is 7.53. The van der Waals surface area contributed by atoms with E-state index < -0.39 is 18.7 Å². The number of rotatable bonds is 21. The third kappa shape index (κ3) is 10.0. The van der Waals surface area contributed by atoms with E-state index >= 15 is 0 Å². The predicted molar refractivity (Wildman–Crippen MR) is 258 cm³/mol. The van der Waals surface area contributed by atoms with E-state index in [0.717, 1.165) is 33.4 Å². The second kappa shape index (κ2) is 20.7. The van der Waals surface area contributed by atoms with E-state index in [0.29, 0.717) is 23.4 Å². The number of hydrogen-bond donors (Lipinski definition) is 1. The lowest BCUT2D eigenvalue weighted by molar-refractivity contribution is -0.0110. The number of fused-ring (bicyclic) bond motifs is 1. The molecule has 0 aliphatic carbocycles. The summed E-state index contributed by atoms with van der Waals surface area (Å²) in [5, 5.41) is 3.92. The van der Waals surface area contributed by atoms with Gasteiger partial charge in [0.05, 0.1) is 31.2 Å². The first-order valence-electron chi connectivity index (χ1n) is 22.2. The monoisotopic (exact) mass is 885 g/mol. The van der Waals surface area contributed by atoms with Gasteiger partial charge in [0.15, 0.2) is 11.5 Å². The molecule has 0 aliphatic rings. The highest BCUT2D eigenvalue weighted by Crippen LogP contribution is 2.50. The minimum atomic E-state index is -3.56. The summed E-state index contributed by atoms with van der Waals surface area (Å²) < 4.78 is 41.2. The molecule has 8 aromatic rings. The summed E-state index contributed by atoms with van der Waals surface area (Å²) in [5.41, 5.74) is 5.40. The van der Waals surface area contributed by atoms with Gasteiger partial charge in [-0.25, -0.2) is 15.0 Å². The van der Waals surface area contributed by atoms with Crippen LogP contribution in [0, 0.1) is 0 Å². The Morgan fingerprint density at radius 1 is 0.569 bits per heavy atom. The fourth-order valence-electron chi connectivity index (χ4n) is 8.59. The summed E-state index contributed by atoms with van der Waals surface area (Å²) in [6, 6.07) is 61.7. The van der Waals surface area contributed by atoms with Gasteiger partial charge in [0.25, 0.3) is 0 Å². The number of aromatic nitrogens is 4. The molecule has 2 aromatic heterocycles. The number of anilines is 1. The van der Waals surface area contributed by atoms with Gasteiger partial charge in [-0.1, -0.05) is 182 Å². The van der Waals surface area contributed by atoms with Crippen LogP contribution in [0.2, 0.25) is 0 Å². The fourth-order valence-corrected chi connectivity index (χ4v) is 10.4. The van der Waals surface area contributed by atoms with Crippen LogP contribution in [-0.2, 0) is 34.2 Å². The first-order chi connectivity index (χ1) is 31.7. The normalized spacial score (nSPS) is 12.8. The molecule has 8 rings (SSSR count). The van der Waals surface area contributed by atoms with Crippen molar-refractivity contribution in [3.63, 3.8) is 0 Å². The first-order valence-corrected chi connectivity index (χ1v) is 23.9. The zero-order valence-electron chi connectivity index (χ0n) is 37.3. The van der Waals surface area contributed by atoms with Gasteiger partial charge in [-0.3, -0.25) is 4.57 Å². The van der Waals surface area contributed by atoms with Gasteiger partial charge < -0.3 is 28.4 Å². The van der Waals surface area contributed by atoms with E-state index in [2.05, 4.69) is 115 Å². The van der Waals surface area contributed by atoms with Crippen molar-refractivity contribution < 1.29 is 23.1 Å². The summed E-state index contributed by atoms with van der Waals surface area (Å²) in [4.78, 5) is 14.8. The number of ether oxygens (including phenoxy) is 2. The van der Waals surface area contributed by atoms with Gasteiger partial charge in [-0.15, -0.1) is 0 Å². The molecule has 332 valence electrons. The lowest BCUT2D eigenvalue weighted by atomic mass is 9.77. The maximum atomic E-state index is 13.8. The molecule has 0 saturated heterocycles. The molecule has 0 bridgehead atoms. The largest absolute Gasteiger partial charge is 0.369 e. The smallest absolute Gasteiger partial charge is 0.356 e. The van der Waals surface area contributed by atoms with Crippen LogP contribution in [0.15, 0.2) is 195 Å². The van der Waals surface area contributed by atoms with Crippen molar-refractivity contribution in [2.75, 3.05) is 24.9 Å². The third-order valence-corrected chi connectivity index (χ3v) is 13.3. The molecule has 0 fully saturated rings. The van der Waals surface area contributed by atoms with E-state index in [1.807, 2.05) is 105 Å². The number of hydrogen-bond acceptors (Lipinski definition) is 9. The van der Waals surface area contributed by atoms with Crippen molar-refractivity contribution in [2.24, 2.45) is 0 Å². The quantitative estimate of drug-likeness (QED) is 0.0428. The van der Waals surface area contributed by atoms with Crippen LogP contribution >= 0.6 is 7.60 Å². The van der Waals surface area contributed by atoms with Crippen LogP contribution in [0.4, 0.5) is 5.82 Å². The van der Waals surface area contributed by atoms with Gasteiger partial charge in [-0.05, 0) is 67.5 Å². The Hall–Kier alpha value is -6.26. The Morgan fingerprint density at radius 2 is 0.985 bits per heavy atom. The van der Waals surface area contributed by atoms with Gasteiger partial charge in [0, 0.05) is 6.61 Å². The average Bonchev–Trinajstić information content (AvgIpc) is 3.78. The van der Waals surface area contributed by atoms with E-state index in [1.165, 1.54) is 0 Å². The first kappa shape index (κ1) is 45.3. The van der Waals surface area contributed by atoms with E-state index in [9.17, 15) is 4.57 Å². The number of nitrogens with one attached hydrogen (secondary N) is 1. The zero-order valence-corrected chi connectivity index (χ0v) is 38.2. The number of nitrogens with zero attached hydrogens (tertiary/aromatic N) is 4. The van der Waals surface area contributed by atoms with Crippen LogP contribution < -0.4 is 5.32 Å². The zero-order chi connectivity index (χ0) is 45.1. The summed E-state index contributed by atoms with van der Waals surface area (Å²) in [6.07, 6.45) is 3.01. The second-order valence-electron chi connectivity index (χ2n) is 16.5. The molecule has 1 atom stereocenters. The molecule has 6 aromatic carbocycles. The lowest BCUT2D eigenvalue weighted by Gasteiger charge is -2.37. The summed E-state index contributed by atoms with van der Waals surface area (Å²) in [6.45, 7) is 7.76. The van der Waals surface area contributed by atoms with Crippen molar-refractivity contribution in [3.8, 4) is 0 Å². The highest BCUT2D eigenvalue weighted by atomic mass is 31.2. The summed E-state index contributed by atoms with van der Waals surface area (Å²) in [5.74, 6) is 0.561. The number of imidazole rings is 1. The maximum absolute atomic E-state index is 13.8. The van der Waals surface area contributed by atoms with E-state index in [4.69, 9.17) is 33.5 Å². The Labute approximate surface area is 382 Å². The van der Waals surface area contributed by atoms with Crippen LogP contribution in [0.3, 0.4) is 0 Å². The molecular formula is C54H56N5O5P. The molecule has 0 spiro atoms. The molecule has 11 heteroatoms. The average molecular weight is 886 g/mol. The molecule has 0 radical (unpaired) electrons. The van der Waals surface area contributed by atoms with Crippen molar-refractivity contribution in [2.45, 2.75) is 63.5 Å². The lowest BCUT2D eigenvalue weighted by Crippen LogP contribution is -2.38. The van der Waals surface area contributed by atoms with Crippen LogP contribution in [0.1, 0.15) is 73.5 Å². The van der Waals surface area contributed by atoms with E-state index in [-0.39, 0.29) is 37.8 Å². The molecule has 0 amide bonds. The fraction of sp³-hybridized carbons (Fsp3) is 0.241. The van der Waals surface area contributed by atoms with Gasteiger partial charge in [0.1, 0.15) is 29.3 Å². The minimum absolute atomic E-state index is 0.194. The van der Waals surface area contributed by atoms with Crippen molar-refractivity contribution >= 4 is 24.6 Å². The topological polar surface area (TPSA) is 110 Å². The molecule has 2 heterocycles. The molecule has 1 N–H and O–H groups in total. The Bertz CT molecular complexity index is 2540. The van der Waals surface area contributed by atoms with Gasteiger partial charge in [-0.2, -0.15) is 0 Å².